The molecule has 0 amide bonds. The molecule has 1 aromatic carbocycles. The maximum atomic E-state index is 12.3. The second kappa shape index (κ2) is 5.84. The topological polar surface area (TPSA) is 32.3 Å². The van der Waals surface area contributed by atoms with Crippen LogP contribution in [-0.4, -0.2) is 18.2 Å². The summed E-state index contributed by atoms with van der Waals surface area (Å²) in [5.74, 6) is 0. The molecule has 0 saturated heterocycles. The Morgan fingerprint density at radius 2 is 1.88 bits per heavy atom. The highest BCUT2D eigenvalue weighted by Gasteiger charge is 2.30. The number of benzene rings is 1. The van der Waals surface area contributed by atoms with Crippen molar-refractivity contribution in [3.8, 4) is 0 Å². The van der Waals surface area contributed by atoms with Crippen LogP contribution >= 0.6 is 0 Å². The molecule has 0 bridgehead atoms. The lowest BCUT2D eigenvalue weighted by atomic mass is 10.1. The van der Waals surface area contributed by atoms with E-state index in [-0.39, 0.29) is 6.54 Å². The highest BCUT2D eigenvalue weighted by Crippen LogP contribution is 2.29. The summed E-state index contributed by atoms with van der Waals surface area (Å²) in [7, 11) is 0. The van der Waals surface area contributed by atoms with Crippen LogP contribution in [0.1, 0.15) is 17.2 Å². The van der Waals surface area contributed by atoms with Crippen molar-refractivity contribution in [2.45, 2.75) is 12.3 Å². The van der Waals surface area contributed by atoms with E-state index in [4.69, 9.17) is 0 Å². The molecule has 0 radical (unpaired) electrons. The molecule has 0 aromatic heterocycles. The van der Waals surface area contributed by atoms with Crippen LogP contribution < -0.4 is 5.32 Å². The Balaban J connectivity index is 2.64. The molecule has 0 heterocycles. The van der Waals surface area contributed by atoms with Crippen LogP contribution in [0.5, 0.6) is 0 Å². The van der Waals surface area contributed by atoms with Crippen LogP contribution in [0.15, 0.2) is 36.9 Å². The van der Waals surface area contributed by atoms with Crippen molar-refractivity contribution < 1.29 is 18.3 Å². The molecule has 1 rings (SSSR count). The molecule has 5 heteroatoms. The van der Waals surface area contributed by atoms with Crippen molar-refractivity contribution in [3.05, 3.63) is 48.0 Å². The summed E-state index contributed by atoms with van der Waals surface area (Å²) >= 11 is 0. The van der Waals surface area contributed by atoms with Gasteiger partial charge in [-0.1, -0.05) is 18.2 Å². The minimum absolute atomic E-state index is 0.275. The molecule has 0 spiro atoms. The molecule has 94 valence electrons. The van der Waals surface area contributed by atoms with Gasteiger partial charge in [-0.3, -0.25) is 0 Å². The molecule has 2 nitrogen and oxygen atoms in total. The van der Waals surface area contributed by atoms with Crippen LogP contribution in [0, 0.1) is 0 Å². The third-order valence-electron chi connectivity index (χ3n) is 2.25. The van der Waals surface area contributed by atoms with Gasteiger partial charge in [-0.15, -0.1) is 6.58 Å². The van der Waals surface area contributed by atoms with Crippen LogP contribution in [0.25, 0.3) is 0 Å². The lowest BCUT2D eigenvalue weighted by Crippen LogP contribution is -2.21. The zero-order chi connectivity index (χ0) is 12.9. The maximum absolute atomic E-state index is 12.3. The Labute approximate surface area is 97.8 Å². The lowest BCUT2D eigenvalue weighted by Gasteiger charge is -2.13. The molecule has 1 unspecified atom stereocenters. The van der Waals surface area contributed by atoms with Crippen LogP contribution in [0.2, 0.25) is 0 Å². The molecule has 0 aliphatic heterocycles. The van der Waals surface area contributed by atoms with E-state index < -0.39 is 17.8 Å². The number of nitrogens with one attached hydrogen (secondary N) is 1. The largest absolute Gasteiger partial charge is 0.416 e. The van der Waals surface area contributed by atoms with E-state index in [0.717, 1.165) is 12.1 Å². The van der Waals surface area contributed by atoms with Crippen LogP contribution in [-0.2, 0) is 6.18 Å². The van der Waals surface area contributed by atoms with Gasteiger partial charge in [0, 0.05) is 13.1 Å². The average molecular weight is 245 g/mol. The van der Waals surface area contributed by atoms with Gasteiger partial charge >= 0.3 is 6.18 Å². The van der Waals surface area contributed by atoms with Gasteiger partial charge in [0.2, 0.25) is 0 Å². The predicted octanol–water partition coefficient (Wildman–Crippen LogP) is 2.51. The van der Waals surface area contributed by atoms with Crippen molar-refractivity contribution in [1.29, 1.82) is 0 Å². The summed E-state index contributed by atoms with van der Waals surface area (Å²) in [5, 5.41) is 12.6. The number of aliphatic hydroxyl groups is 1. The normalized spacial score (nSPS) is 13.4. The summed E-state index contributed by atoms with van der Waals surface area (Å²) in [4.78, 5) is 0. The number of hydrogen-bond donors (Lipinski definition) is 2. The molecule has 1 aromatic rings. The van der Waals surface area contributed by atoms with Crippen molar-refractivity contribution in [2.75, 3.05) is 13.1 Å². The molecular formula is C12H14F3NO. The standard InChI is InChI=1S/C12H14F3NO/c1-2-7-16-8-11(17)9-3-5-10(6-4-9)12(13,14)15/h2-6,11,16-17H,1,7-8H2. The van der Waals surface area contributed by atoms with Gasteiger partial charge in [-0.2, -0.15) is 13.2 Å². The van der Waals surface area contributed by atoms with E-state index in [2.05, 4.69) is 11.9 Å². The summed E-state index contributed by atoms with van der Waals surface area (Å²) in [6.07, 6.45) is -3.53. The third kappa shape index (κ3) is 4.20. The Hall–Kier alpha value is -1.33. The summed E-state index contributed by atoms with van der Waals surface area (Å²) in [5.41, 5.74) is -0.262. The second-order valence-corrected chi connectivity index (χ2v) is 3.58. The van der Waals surface area contributed by atoms with E-state index in [1.807, 2.05) is 0 Å². The van der Waals surface area contributed by atoms with Crippen LogP contribution in [0.3, 0.4) is 0 Å². The first-order chi connectivity index (χ1) is 7.95. The van der Waals surface area contributed by atoms with E-state index in [9.17, 15) is 18.3 Å². The molecule has 0 fully saturated rings. The van der Waals surface area contributed by atoms with E-state index in [1.165, 1.54) is 12.1 Å². The molecule has 2 N–H and O–H groups in total. The Morgan fingerprint density at radius 3 is 2.35 bits per heavy atom. The van der Waals surface area contributed by atoms with Crippen molar-refractivity contribution in [1.82, 2.24) is 5.32 Å². The fourth-order valence-electron chi connectivity index (χ4n) is 1.33. The van der Waals surface area contributed by atoms with Crippen LogP contribution in [0.4, 0.5) is 13.2 Å². The van der Waals surface area contributed by atoms with Gasteiger partial charge in [0.25, 0.3) is 0 Å². The lowest BCUT2D eigenvalue weighted by molar-refractivity contribution is -0.137. The number of rotatable bonds is 5. The third-order valence-corrected chi connectivity index (χ3v) is 2.25. The molecular weight excluding hydrogens is 231 g/mol. The van der Waals surface area contributed by atoms with Crippen molar-refractivity contribution in [2.24, 2.45) is 0 Å². The summed E-state index contributed by atoms with van der Waals surface area (Å²) < 4.78 is 36.8. The molecule has 1 atom stereocenters. The van der Waals surface area contributed by atoms with Crippen molar-refractivity contribution in [3.63, 3.8) is 0 Å². The van der Waals surface area contributed by atoms with Gasteiger partial charge in [-0.25, -0.2) is 0 Å². The van der Waals surface area contributed by atoms with E-state index in [0.29, 0.717) is 12.1 Å². The van der Waals surface area contributed by atoms with Gasteiger partial charge in [0.15, 0.2) is 0 Å². The van der Waals surface area contributed by atoms with E-state index >= 15 is 0 Å². The Bertz CT molecular complexity index is 359. The maximum Gasteiger partial charge on any atom is 0.416 e. The summed E-state index contributed by atoms with van der Waals surface area (Å²) in [6.45, 7) is 4.31. The van der Waals surface area contributed by atoms with Gasteiger partial charge < -0.3 is 10.4 Å². The Kier molecular flexibility index (Phi) is 4.72. The SMILES string of the molecule is C=CCNCC(O)c1ccc(C(F)(F)F)cc1. The van der Waals surface area contributed by atoms with Crippen molar-refractivity contribution >= 4 is 0 Å². The number of halogens is 3. The zero-order valence-corrected chi connectivity index (χ0v) is 9.17. The average Bonchev–Trinajstić information content (AvgIpc) is 2.28. The molecule has 17 heavy (non-hydrogen) atoms. The van der Waals surface area contributed by atoms with Gasteiger partial charge in [0.05, 0.1) is 11.7 Å². The predicted molar refractivity (Wildman–Crippen MR) is 59.5 cm³/mol. The molecule has 0 aliphatic carbocycles. The minimum Gasteiger partial charge on any atom is -0.387 e. The fourth-order valence-corrected chi connectivity index (χ4v) is 1.33. The minimum atomic E-state index is -4.34. The highest BCUT2D eigenvalue weighted by molar-refractivity contribution is 5.26. The fraction of sp³-hybridized carbons (Fsp3) is 0.333. The second-order valence-electron chi connectivity index (χ2n) is 3.58. The smallest absolute Gasteiger partial charge is 0.387 e. The first-order valence-corrected chi connectivity index (χ1v) is 5.12. The number of hydrogen-bond acceptors (Lipinski definition) is 2. The first kappa shape index (κ1) is 13.7. The number of aliphatic hydroxyl groups excluding tert-OH is 1. The first-order valence-electron chi connectivity index (χ1n) is 5.12. The van der Waals surface area contributed by atoms with Gasteiger partial charge in [-0.05, 0) is 17.7 Å². The monoisotopic (exact) mass is 245 g/mol. The van der Waals surface area contributed by atoms with Gasteiger partial charge in [0.1, 0.15) is 0 Å². The summed E-state index contributed by atoms with van der Waals surface area (Å²) in [6, 6.07) is 4.49. The highest BCUT2D eigenvalue weighted by atomic mass is 19.4. The zero-order valence-electron chi connectivity index (χ0n) is 9.17. The number of alkyl halides is 3. The van der Waals surface area contributed by atoms with E-state index in [1.54, 1.807) is 6.08 Å². The molecule has 0 aliphatic rings. The quantitative estimate of drug-likeness (QED) is 0.617. The Morgan fingerprint density at radius 1 is 1.29 bits per heavy atom. The molecule has 0 saturated carbocycles.